The number of benzene rings is 1. The summed E-state index contributed by atoms with van der Waals surface area (Å²) in [5.41, 5.74) is -1.02. The quantitative estimate of drug-likeness (QED) is 0.725. The molecule has 0 aliphatic carbocycles. The van der Waals surface area contributed by atoms with Crippen LogP contribution < -0.4 is 0 Å². The fourth-order valence-corrected chi connectivity index (χ4v) is 2.94. The van der Waals surface area contributed by atoms with E-state index in [1.54, 1.807) is 37.3 Å². The van der Waals surface area contributed by atoms with E-state index >= 15 is 0 Å². The molecule has 1 heterocycles. The van der Waals surface area contributed by atoms with Crippen LogP contribution in [0, 0.1) is 0 Å². The van der Waals surface area contributed by atoms with E-state index in [1.807, 2.05) is 0 Å². The van der Waals surface area contributed by atoms with Crippen LogP contribution in [0.25, 0.3) is 0 Å². The number of hydrogen-bond acceptors (Lipinski definition) is 5. The molecule has 0 unspecified atom stereocenters. The summed E-state index contributed by atoms with van der Waals surface area (Å²) in [5, 5.41) is 18.3. The Balaban J connectivity index is 2.60. The average molecular weight is 320 g/mol. The van der Waals surface area contributed by atoms with Crippen LogP contribution in [0.3, 0.4) is 0 Å². The van der Waals surface area contributed by atoms with Gasteiger partial charge in [0.15, 0.2) is 5.41 Å². The van der Waals surface area contributed by atoms with Gasteiger partial charge in [0, 0.05) is 0 Å². The first-order valence-corrected chi connectivity index (χ1v) is 7.49. The Morgan fingerprint density at radius 3 is 1.78 bits per heavy atom. The Bertz CT molecular complexity index is 574. The number of hydrogen-bond donors (Lipinski definition) is 2. The third-order valence-electron chi connectivity index (χ3n) is 4.13. The number of rotatable bonds is 6. The Kier molecular flexibility index (Phi) is 5.12. The molecule has 7 heteroatoms. The smallest absolute Gasteiger partial charge is 0.333 e. The predicted octanol–water partition coefficient (Wildman–Crippen LogP) is 0.110. The van der Waals surface area contributed by atoms with E-state index < -0.39 is 36.5 Å². The number of β-amino-alcohol motifs (C(OH)–C–C–N with tert-alkyl or cyclic N) is 2. The van der Waals surface area contributed by atoms with Gasteiger partial charge in [0.05, 0.1) is 26.3 Å². The molecule has 2 rings (SSSR count). The fourth-order valence-electron chi connectivity index (χ4n) is 2.94. The Labute approximate surface area is 134 Å². The summed E-state index contributed by atoms with van der Waals surface area (Å²) in [6, 6.07) is 7.75. The minimum absolute atomic E-state index is 0.172. The molecule has 1 aliphatic rings. The molecule has 1 saturated heterocycles. The number of nitrogens with zero attached hydrogens (tertiary/aromatic N) is 2. The van der Waals surface area contributed by atoms with E-state index in [9.17, 15) is 14.4 Å². The second-order valence-corrected chi connectivity index (χ2v) is 5.27. The van der Waals surface area contributed by atoms with Crippen molar-refractivity contribution in [3.05, 3.63) is 35.9 Å². The highest BCUT2D eigenvalue weighted by Gasteiger charge is 2.56. The number of carbonyl (C=O) groups is 3. The SMILES string of the molecule is CCC1(c2ccccc2)C(=O)N(CCO)C(=O)N(CCO)C1=O. The summed E-state index contributed by atoms with van der Waals surface area (Å²) < 4.78 is 0. The summed E-state index contributed by atoms with van der Waals surface area (Å²) in [6.07, 6.45) is 0.172. The number of amides is 4. The first-order valence-electron chi connectivity index (χ1n) is 7.49. The second-order valence-electron chi connectivity index (χ2n) is 5.27. The zero-order valence-corrected chi connectivity index (χ0v) is 12.9. The van der Waals surface area contributed by atoms with Gasteiger partial charge in [-0.15, -0.1) is 0 Å². The lowest BCUT2D eigenvalue weighted by Gasteiger charge is -2.43. The van der Waals surface area contributed by atoms with Crippen molar-refractivity contribution in [2.75, 3.05) is 26.3 Å². The summed E-state index contributed by atoms with van der Waals surface area (Å²) in [5.74, 6) is -1.27. The van der Waals surface area contributed by atoms with Crippen LogP contribution in [0.4, 0.5) is 4.79 Å². The molecular weight excluding hydrogens is 300 g/mol. The van der Waals surface area contributed by atoms with Crippen molar-refractivity contribution in [3.63, 3.8) is 0 Å². The van der Waals surface area contributed by atoms with Gasteiger partial charge in [-0.05, 0) is 12.0 Å². The third-order valence-corrected chi connectivity index (χ3v) is 4.13. The maximum Gasteiger partial charge on any atom is 0.333 e. The topological polar surface area (TPSA) is 98.2 Å². The Morgan fingerprint density at radius 2 is 1.39 bits per heavy atom. The van der Waals surface area contributed by atoms with Crippen molar-refractivity contribution in [2.45, 2.75) is 18.8 Å². The molecule has 1 fully saturated rings. The minimum Gasteiger partial charge on any atom is -0.395 e. The van der Waals surface area contributed by atoms with Gasteiger partial charge in [-0.1, -0.05) is 37.3 Å². The first kappa shape index (κ1) is 17.1. The standard InChI is InChI=1S/C16H20N2O5/c1-2-16(12-6-4-3-5-7-12)13(21)17(8-10-19)15(23)18(9-11-20)14(16)22/h3-7,19-20H,2,8-11H2,1H3. The Hall–Kier alpha value is -2.25. The van der Waals surface area contributed by atoms with Gasteiger partial charge in [-0.25, -0.2) is 4.79 Å². The van der Waals surface area contributed by atoms with Gasteiger partial charge < -0.3 is 10.2 Å². The zero-order chi connectivity index (χ0) is 17.0. The van der Waals surface area contributed by atoms with E-state index in [-0.39, 0.29) is 19.5 Å². The number of aliphatic hydroxyl groups is 2. The van der Waals surface area contributed by atoms with Crippen LogP contribution in [0.5, 0.6) is 0 Å². The normalized spacial score (nSPS) is 17.8. The number of urea groups is 1. The van der Waals surface area contributed by atoms with Crippen molar-refractivity contribution in [2.24, 2.45) is 0 Å². The lowest BCUT2D eigenvalue weighted by molar-refractivity contribution is -0.153. The van der Waals surface area contributed by atoms with Crippen LogP contribution in [0.1, 0.15) is 18.9 Å². The maximum absolute atomic E-state index is 12.9. The third kappa shape index (κ3) is 2.62. The lowest BCUT2D eigenvalue weighted by atomic mass is 9.74. The van der Waals surface area contributed by atoms with Gasteiger partial charge in [0.2, 0.25) is 0 Å². The molecule has 0 bridgehead atoms. The summed E-state index contributed by atoms with van der Waals surface area (Å²) in [7, 11) is 0. The highest BCUT2D eigenvalue weighted by atomic mass is 16.3. The van der Waals surface area contributed by atoms with Crippen molar-refractivity contribution >= 4 is 17.8 Å². The molecule has 0 saturated carbocycles. The molecule has 1 aliphatic heterocycles. The van der Waals surface area contributed by atoms with Crippen LogP contribution in [0.2, 0.25) is 0 Å². The van der Waals surface area contributed by atoms with E-state index in [0.29, 0.717) is 5.56 Å². The van der Waals surface area contributed by atoms with Crippen LogP contribution in [-0.2, 0) is 15.0 Å². The number of imide groups is 2. The van der Waals surface area contributed by atoms with Crippen LogP contribution in [-0.4, -0.2) is 64.2 Å². The molecule has 0 atom stereocenters. The number of aliphatic hydroxyl groups excluding tert-OH is 2. The van der Waals surface area contributed by atoms with Crippen molar-refractivity contribution in [1.82, 2.24) is 9.80 Å². The molecule has 1 aromatic carbocycles. The largest absolute Gasteiger partial charge is 0.395 e. The zero-order valence-electron chi connectivity index (χ0n) is 12.9. The van der Waals surface area contributed by atoms with Gasteiger partial charge in [0.1, 0.15) is 0 Å². The lowest BCUT2D eigenvalue weighted by Crippen LogP contribution is -2.67. The molecule has 23 heavy (non-hydrogen) atoms. The van der Waals surface area contributed by atoms with Gasteiger partial charge in [0.25, 0.3) is 11.8 Å². The van der Waals surface area contributed by atoms with E-state index in [1.165, 1.54) is 0 Å². The molecule has 1 aromatic rings. The number of barbiturate groups is 1. The van der Waals surface area contributed by atoms with Crippen LogP contribution >= 0.6 is 0 Å². The molecule has 124 valence electrons. The average Bonchev–Trinajstić information content (AvgIpc) is 2.57. The van der Waals surface area contributed by atoms with Gasteiger partial charge in [-0.3, -0.25) is 19.4 Å². The summed E-state index contributed by atoms with van der Waals surface area (Å²) >= 11 is 0. The molecule has 0 aromatic heterocycles. The highest BCUT2D eigenvalue weighted by Crippen LogP contribution is 2.36. The first-order chi connectivity index (χ1) is 11.0. The molecule has 2 N–H and O–H groups in total. The second kappa shape index (κ2) is 6.89. The van der Waals surface area contributed by atoms with E-state index in [2.05, 4.69) is 0 Å². The van der Waals surface area contributed by atoms with Crippen molar-refractivity contribution in [3.8, 4) is 0 Å². The number of carbonyl (C=O) groups excluding carboxylic acids is 3. The van der Waals surface area contributed by atoms with Crippen molar-refractivity contribution in [1.29, 1.82) is 0 Å². The van der Waals surface area contributed by atoms with Gasteiger partial charge in [-0.2, -0.15) is 0 Å². The monoisotopic (exact) mass is 320 g/mol. The minimum atomic E-state index is -1.51. The highest BCUT2D eigenvalue weighted by molar-refractivity contribution is 6.22. The Morgan fingerprint density at radius 1 is 0.913 bits per heavy atom. The molecule has 0 spiro atoms. The van der Waals surface area contributed by atoms with Gasteiger partial charge >= 0.3 is 6.03 Å². The van der Waals surface area contributed by atoms with Crippen molar-refractivity contribution < 1.29 is 24.6 Å². The van der Waals surface area contributed by atoms with E-state index in [4.69, 9.17) is 10.2 Å². The predicted molar refractivity (Wildman–Crippen MR) is 81.4 cm³/mol. The molecule has 0 radical (unpaired) electrons. The molecule has 7 nitrogen and oxygen atoms in total. The maximum atomic E-state index is 12.9. The summed E-state index contributed by atoms with van der Waals surface area (Å²) in [4.78, 5) is 40.0. The molecule has 4 amide bonds. The van der Waals surface area contributed by atoms with Crippen LogP contribution in [0.15, 0.2) is 30.3 Å². The fraction of sp³-hybridized carbons (Fsp3) is 0.438. The molecular formula is C16H20N2O5. The van der Waals surface area contributed by atoms with E-state index in [0.717, 1.165) is 9.80 Å². The summed E-state index contributed by atoms with van der Waals surface area (Å²) in [6.45, 7) is 0.524.